The number of pyridine rings is 1. The van der Waals surface area contributed by atoms with Crippen LogP contribution in [0.15, 0.2) is 47.3 Å². The second kappa shape index (κ2) is 9.23. The lowest BCUT2D eigenvalue weighted by molar-refractivity contribution is 0.248. The zero-order valence-corrected chi connectivity index (χ0v) is 20.6. The van der Waals surface area contributed by atoms with Crippen molar-refractivity contribution in [2.24, 2.45) is 5.92 Å². The summed E-state index contributed by atoms with van der Waals surface area (Å²) in [5, 5.41) is 0.358. The Labute approximate surface area is 213 Å². The third kappa shape index (κ3) is 4.55. The smallest absolute Gasteiger partial charge is 0.256 e. The van der Waals surface area contributed by atoms with Gasteiger partial charge in [0.2, 0.25) is 5.95 Å². The minimum atomic E-state index is -0.776. The maximum absolute atomic E-state index is 14.9. The molecule has 37 heavy (non-hydrogen) atoms. The van der Waals surface area contributed by atoms with Crippen LogP contribution in [0.25, 0.3) is 33.3 Å². The molecule has 0 bridgehead atoms. The molecule has 1 saturated heterocycles. The van der Waals surface area contributed by atoms with Crippen molar-refractivity contribution in [1.82, 2.24) is 19.9 Å². The summed E-state index contributed by atoms with van der Waals surface area (Å²) in [6.07, 6.45) is 2.73. The molecule has 190 valence electrons. The summed E-state index contributed by atoms with van der Waals surface area (Å²) in [7, 11) is 0. The van der Waals surface area contributed by atoms with Gasteiger partial charge in [0, 0.05) is 60.3 Å². The molecule has 0 radical (unpaired) electrons. The molecular formula is C28H28F2N6O. The van der Waals surface area contributed by atoms with Gasteiger partial charge < -0.3 is 15.6 Å². The topological polar surface area (TPSA) is 91.1 Å². The van der Waals surface area contributed by atoms with Gasteiger partial charge in [-0.25, -0.2) is 9.37 Å². The van der Waals surface area contributed by atoms with E-state index in [1.165, 1.54) is 38.4 Å². The lowest BCUT2D eigenvalue weighted by Crippen LogP contribution is -2.47. The lowest BCUT2D eigenvalue weighted by atomic mass is 10.0. The number of piperazine rings is 1. The van der Waals surface area contributed by atoms with E-state index in [1.807, 2.05) is 24.3 Å². The zero-order valence-electron chi connectivity index (χ0n) is 20.6. The van der Waals surface area contributed by atoms with Crippen molar-refractivity contribution in [2.45, 2.75) is 19.8 Å². The van der Waals surface area contributed by atoms with Crippen LogP contribution in [0.4, 0.5) is 20.3 Å². The molecule has 0 atom stereocenters. The fraction of sp³-hybridized carbons (Fsp3) is 0.321. The predicted octanol–water partition coefficient (Wildman–Crippen LogP) is 4.35. The quantitative estimate of drug-likeness (QED) is 0.422. The van der Waals surface area contributed by atoms with E-state index in [2.05, 4.69) is 24.8 Å². The number of rotatable bonds is 5. The van der Waals surface area contributed by atoms with Crippen molar-refractivity contribution in [3.63, 3.8) is 0 Å². The number of anilines is 2. The van der Waals surface area contributed by atoms with Crippen LogP contribution in [0.2, 0.25) is 0 Å². The number of halogens is 2. The number of nitrogens with two attached hydrogens (primary N) is 1. The van der Waals surface area contributed by atoms with Crippen LogP contribution < -0.4 is 16.2 Å². The number of fused-ring (bicyclic) bond motifs is 1. The average molecular weight is 503 g/mol. The first-order valence-corrected chi connectivity index (χ1v) is 12.6. The van der Waals surface area contributed by atoms with Gasteiger partial charge in [0.15, 0.2) is 5.82 Å². The first kappa shape index (κ1) is 23.5. The summed E-state index contributed by atoms with van der Waals surface area (Å²) in [6, 6.07) is 12.2. The van der Waals surface area contributed by atoms with Crippen molar-refractivity contribution in [3.05, 3.63) is 70.3 Å². The minimum absolute atomic E-state index is 0.0626. The van der Waals surface area contributed by atoms with Crippen LogP contribution in [-0.2, 0) is 0 Å². The average Bonchev–Trinajstić information content (AvgIpc) is 3.72. The molecule has 2 aromatic carbocycles. The summed E-state index contributed by atoms with van der Waals surface area (Å²) in [4.78, 5) is 28.0. The molecule has 1 aliphatic carbocycles. The van der Waals surface area contributed by atoms with Gasteiger partial charge in [0.05, 0.1) is 5.69 Å². The molecule has 9 heteroatoms. The van der Waals surface area contributed by atoms with Crippen molar-refractivity contribution in [2.75, 3.05) is 43.4 Å². The largest absolute Gasteiger partial charge is 0.382 e. The van der Waals surface area contributed by atoms with E-state index in [4.69, 9.17) is 5.73 Å². The molecule has 2 aliphatic rings. The number of nitrogens with zero attached hydrogens (tertiary/aromatic N) is 4. The standard InChI is InChI=1S/C28H28F2N6O/c1-16-23(29)22-14-19(6-9-21(22)28(37)32-16)25-27(31)34-26(30)24(33-25)18-4-7-20(8-5-18)36-12-10-35(11-13-36)15-17-2-3-17/h4-9,14,17H,2-3,10-13,15H2,1H3,(H2,31,34)(H,32,37). The van der Waals surface area contributed by atoms with Crippen LogP contribution in [-0.4, -0.2) is 52.6 Å². The molecule has 0 unspecified atom stereocenters. The number of nitrogen functional groups attached to an aromatic ring is 1. The number of aryl methyl sites for hydroxylation is 1. The van der Waals surface area contributed by atoms with Gasteiger partial charge in [0.1, 0.15) is 17.2 Å². The Morgan fingerprint density at radius 1 is 0.946 bits per heavy atom. The Balaban J connectivity index is 1.28. The van der Waals surface area contributed by atoms with Crippen LogP contribution in [0.5, 0.6) is 0 Å². The zero-order chi connectivity index (χ0) is 25.7. The van der Waals surface area contributed by atoms with E-state index < -0.39 is 11.8 Å². The van der Waals surface area contributed by atoms with Crippen LogP contribution >= 0.6 is 0 Å². The van der Waals surface area contributed by atoms with E-state index in [1.54, 1.807) is 6.07 Å². The van der Waals surface area contributed by atoms with E-state index in [0.717, 1.165) is 37.8 Å². The molecule has 1 aliphatic heterocycles. The normalized spacial score (nSPS) is 16.5. The van der Waals surface area contributed by atoms with Crippen molar-refractivity contribution in [1.29, 1.82) is 0 Å². The summed E-state index contributed by atoms with van der Waals surface area (Å²) in [5.74, 6) is -0.522. The van der Waals surface area contributed by atoms with E-state index in [0.29, 0.717) is 11.1 Å². The SMILES string of the molecule is Cc1[nH]c(=O)c2ccc(-c3nc(-c4ccc(N5CCN(CC6CC6)CC5)cc4)c(F)nc3N)cc2c1F. The molecule has 0 spiro atoms. The van der Waals surface area contributed by atoms with E-state index >= 15 is 0 Å². The second-order valence-electron chi connectivity index (χ2n) is 10.0. The van der Waals surface area contributed by atoms with Crippen LogP contribution in [0.1, 0.15) is 18.5 Å². The molecule has 3 heterocycles. The highest BCUT2D eigenvalue weighted by molar-refractivity contribution is 5.88. The van der Waals surface area contributed by atoms with E-state index in [9.17, 15) is 13.6 Å². The summed E-state index contributed by atoms with van der Waals surface area (Å²) in [6.45, 7) is 6.74. The monoisotopic (exact) mass is 502 g/mol. The molecular weight excluding hydrogens is 474 g/mol. The van der Waals surface area contributed by atoms with Crippen LogP contribution in [0, 0.1) is 24.6 Å². The molecule has 2 fully saturated rings. The number of aromatic amines is 1. The van der Waals surface area contributed by atoms with Crippen molar-refractivity contribution < 1.29 is 8.78 Å². The van der Waals surface area contributed by atoms with Crippen LogP contribution in [0.3, 0.4) is 0 Å². The first-order chi connectivity index (χ1) is 17.9. The van der Waals surface area contributed by atoms with Gasteiger partial charge in [-0.3, -0.25) is 9.69 Å². The molecule has 6 rings (SSSR count). The fourth-order valence-electron chi connectivity index (χ4n) is 5.07. The van der Waals surface area contributed by atoms with E-state index in [-0.39, 0.29) is 39.2 Å². The fourth-order valence-corrected chi connectivity index (χ4v) is 5.07. The first-order valence-electron chi connectivity index (χ1n) is 12.6. The number of hydrogen-bond acceptors (Lipinski definition) is 6. The number of benzene rings is 2. The van der Waals surface area contributed by atoms with Gasteiger partial charge in [-0.05, 0) is 49.9 Å². The lowest BCUT2D eigenvalue weighted by Gasteiger charge is -2.36. The molecule has 2 aromatic heterocycles. The molecule has 1 saturated carbocycles. The summed E-state index contributed by atoms with van der Waals surface area (Å²) >= 11 is 0. The third-order valence-corrected chi connectivity index (χ3v) is 7.38. The number of hydrogen-bond donors (Lipinski definition) is 2. The third-order valence-electron chi connectivity index (χ3n) is 7.38. The maximum Gasteiger partial charge on any atom is 0.256 e. The van der Waals surface area contributed by atoms with Crippen molar-refractivity contribution in [3.8, 4) is 22.5 Å². The minimum Gasteiger partial charge on any atom is -0.382 e. The highest BCUT2D eigenvalue weighted by atomic mass is 19.1. The molecule has 0 amide bonds. The van der Waals surface area contributed by atoms with Gasteiger partial charge in [-0.15, -0.1) is 0 Å². The maximum atomic E-state index is 14.9. The summed E-state index contributed by atoms with van der Waals surface area (Å²) < 4.78 is 29.6. The van der Waals surface area contributed by atoms with Gasteiger partial charge in [0.25, 0.3) is 5.56 Å². The predicted molar refractivity (Wildman–Crippen MR) is 141 cm³/mol. The number of H-pyrrole nitrogens is 1. The molecule has 4 aromatic rings. The Morgan fingerprint density at radius 2 is 1.65 bits per heavy atom. The Kier molecular flexibility index (Phi) is 5.87. The van der Waals surface area contributed by atoms with Crippen molar-refractivity contribution >= 4 is 22.3 Å². The second-order valence-corrected chi connectivity index (χ2v) is 10.0. The molecule has 3 N–H and O–H groups in total. The Morgan fingerprint density at radius 3 is 2.35 bits per heavy atom. The highest BCUT2D eigenvalue weighted by Crippen LogP contribution is 2.32. The van der Waals surface area contributed by atoms with Gasteiger partial charge >= 0.3 is 0 Å². The van der Waals surface area contributed by atoms with Gasteiger partial charge in [-0.1, -0.05) is 18.2 Å². The Bertz CT molecular complexity index is 1540. The Hall–Kier alpha value is -3.85. The number of nitrogens with one attached hydrogen (secondary N) is 1. The molecule has 7 nitrogen and oxygen atoms in total. The highest BCUT2D eigenvalue weighted by Gasteiger charge is 2.26. The summed E-state index contributed by atoms with van der Waals surface area (Å²) in [5.41, 5.74) is 8.17. The number of aromatic nitrogens is 3. The van der Waals surface area contributed by atoms with Gasteiger partial charge in [-0.2, -0.15) is 9.37 Å².